The Hall–Kier alpha value is -2.70. The molecule has 0 bridgehead atoms. The summed E-state index contributed by atoms with van der Waals surface area (Å²) in [6, 6.07) is 11.3. The van der Waals surface area contributed by atoms with Gasteiger partial charge in [0.2, 0.25) is 0 Å². The predicted octanol–water partition coefficient (Wildman–Crippen LogP) is 2.48. The summed E-state index contributed by atoms with van der Waals surface area (Å²) in [4.78, 5) is 24.2. The summed E-state index contributed by atoms with van der Waals surface area (Å²) in [6.45, 7) is 2.42. The van der Waals surface area contributed by atoms with Gasteiger partial charge < -0.3 is 19.9 Å². The molecule has 136 valence electrons. The highest BCUT2D eigenvalue weighted by Crippen LogP contribution is 2.28. The van der Waals surface area contributed by atoms with Crippen molar-refractivity contribution in [2.75, 3.05) is 13.7 Å². The van der Waals surface area contributed by atoms with Gasteiger partial charge in [-0.05, 0) is 56.3 Å². The number of ether oxygens (including phenoxy) is 2. The third kappa shape index (κ3) is 3.61. The molecule has 6 nitrogen and oxygen atoms in total. The van der Waals surface area contributed by atoms with Gasteiger partial charge in [0.1, 0.15) is 11.5 Å². The molecule has 0 radical (unpaired) electrons. The van der Waals surface area contributed by atoms with E-state index in [9.17, 15) is 14.7 Å². The monoisotopic (exact) mass is 355 g/mol. The summed E-state index contributed by atoms with van der Waals surface area (Å²) in [5, 5.41) is 12.9. The first-order valence-electron chi connectivity index (χ1n) is 8.42. The minimum atomic E-state index is -0.651. The number of nitrogens with one attached hydrogen (secondary N) is 1. The summed E-state index contributed by atoms with van der Waals surface area (Å²) >= 11 is 0. The number of hydrogen-bond acceptors (Lipinski definition) is 6. The van der Waals surface area contributed by atoms with Gasteiger partial charge in [0, 0.05) is 11.1 Å². The molecule has 2 unspecified atom stereocenters. The summed E-state index contributed by atoms with van der Waals surface area (Å²) < 4.78 is 10.6. The van der Waals surface area contributed by atoms with E-state index >= 15 is 0 Å². The molecule has 0 aromatic heterocycles. The van der Waals surface area contributed by atoms with Crippen molar-refractivity contribution in [2.24, 2.45) is 0 Å². The number of benzene rings is 2. The molecule has 2 N–H and O–H groups in total. The first-order valence-corrected chi connectivity index (χ1v) is 8.42. The van der Waals surface area contributed by atoms with Gasteiger partial charge in [0.15, 0.2) is 5.78 Å². The highest BCUT2D eigenvalue weighted by molar-refractivity contribution is 6.00. The molecule has 0 amide bonds. The Bertz CT molecular complexity index is 815. The topological polar surface area (TPSA) is 84.9 Å². The van der Waals surface area contributed by atoms with Gasteiger partial charge in [0.05, 0.1) is 24.8 Å². The van der Waals surface area contributed by atoms with Crippen molar-refractivity contribution in [1.82, 2.24) is 5.32 Å². The smallest absolute Gasteiger partial charge is 0.338 e. The third-order valence-electron chi connectivity index (χ3n) is 4.53. The molecule has 6 heteroatoms. The van der Waals surface area contributed by atoms with Crippen molar-refractivity contribution in [3.63, 3.8) is 0 Å². The second-order valence-corrected chi connectivity index (χ2v) is 6.20. The number of carbonyl (C=O) groups excluding carboxylic acids is 2. The van der Waals surface area contributed by atoms with Crippen LogP contribution in [0.2, 0.25) is 0 Å². The summed E-state index contributed by atoms with van der Waals surface area (Å²) in [7, 11) is 1.33. The van der Waals surface area contributed by atoms with Crippen LogP contribution < -0.4 is 10.1 Å². The third-order valence-corrected chi connectivity index (χ3v) is 4.53. The maximum Gasteiger partial charge on any atom is 0.338 e. The Balaban J connectivity index is 1.76. The fourth-order valence-electron chi connectivity index (χ4n) is 3.01. The number of carbonyl (C=O) groups is 2. The Morgan fingerprint density at radius 2 is 1.88 bits per heavy atom. The second-order valence-electron chi connectivity index (χ2n) is 6.20. The maximum atomic E-state index is 12.4. The first-order chi connectivity index (χ1) is 12.5. The zero-order valence-electron chi connectivity index (χ0n) is 14.7. The maximum absolute atomic E-state index is 12.4. The van der Waals surface area contributed by atoms with Gasteiger partial charge in [-0.25, -0.2) is 4.79 Å². The molecule has 1 fully saturated rings. The Morgan fingerprint density at radius 3 is 2.50 bits per heavy atom. The molecule has 2 atom stereocenters. The van der Waals surface area contributed by atoms with Gasteiger partial charge in [-0.1, -0.05) is 6.07 Å². The molecule has 1 aliphatic heterocycles. The minimum Gasteiger partial charge on any atom is -0.465 e. The van der Waals surface area contributed by atoms with Crippen LogP contribution in [-0.4, -0.2) is 42.7 Å². The molecule has 3 rings (SSSR count). The molecule has 1 aliphatic rings. The van der Waals surface area contributed by atoms with E-state index in [-0.39, 0.29) is 5.78 Å². The van der Waals surface area contributed by atoms with E-state index in [1.165, 1.54) is 7.11 Å². The molecule has 1 heterocycles. The van der Waals surface area contributed by atoms with Crippen LogP contribution >= 0.6 is 0 Å². The van der Waals surface area contributed by atoms with Gasteiger partial charge >= 0.3 is 5.97 Å². The minimum absolute atomic E-state index is 0.134. The predicted molar refractivity (Wildman–Crippen MR) is 95.8 cm³/mol. The standard InChI is InChI=1S/C20H21NO5/c1-12-15(20(24)25-2)4-3-5-17(12)26-14-8-6-13(7-9-14)19(23)18-16(22)10-11-21-18/h3-9,16,18,21-22H,10-11H2,1-2H3. The van der Waals surface area contributed by atoms with Gasteiger partial charge in [-0.3, -0.25) is 4.79 Å². The van der Waals surface area contributed by atoms with Crippen molar-refractivity contribution in [3.05, 3.63) is 59.2 Å². The average molecular weight is 355 g/mol. The lowest BCUT2D eigenvalue weighted by Gasteiger charge is -2.14. The number of esters is 1. The van der Waals surface area contributed by atoms with Crippen LogP contribution in [0, 0.1) is 6.92 Å². The van der Waals surface area contributed by atoms with Gasteiger partial charge in [0.25, 0.3) is 0 Å². The zero-order valence-corrected chi connectivity index (χ0v) is 14.7. The van der Waals surface area contributed by atoms with Crippen molar-refractivity contribution >= 4 is 11.8 Å². The van der Waals surface area contributed by atoms with Crippen LogP contribution in [0.1, 0.15) is 32.7 Å². The zero-order chi connectivity index (χ0) is 18.7. The molecule has 1 saturated heterocycles. The number of ketones is 1. The fraction of sp³-hybridized carbons (Fsp3) is 0.300. The second kappa shape index (κ2) is 7.68. The van der Waals surface area contributed by atoms with Crippen LogP contribution in [0.15, 0.2) is 42.5 Å². The first kappa shape index (κ1) is 18.1. The summed E-state index contributed by atoms with van der Waals surface area (Å²) in [6.07, 6.45) is -0.0740. The molecule has 0 aliphatic carbocycles. The number of rotatable bonds is 5. The highest BCUT2D eigenvalue weighted by Gasteiger charge is 2.31. The van der Waals surface area contributed by atoms with E-state index in [1.54, 1.807) is 49.4 Å². The molecule has 0 saturated carbocycles. The summed E-state index contributed by atoms with van der Waals surface area (Å²) in [5.74, 6) is 0.536. The van der Waals surface area contributed by atoms with Gasteiger partial charge in [-0.2, -0.15) is 0 Å². The largest absolute Gasteiger partial charge is 0.465 e. The number of aliphatic hydroxyl groups is 1. The Kier molecular flexibility index (Phi) is 5.35. The molecule has 26 heavy (non-hydrogen) atoms. The van der Waals surface area contributed by atoms with Crippen molar-refractivity contribution < 1.29 is 24.2 Å². The van der Waals surface area contributed by atoms with Crippen molar-refractivity contribution in [3.8, 4) is 11.5 Å². The highest BCUT2D eigenvalue weighted by atomic mass is 16.5. The molecule has 0 spiro atoms. The van der Waals surface area contributed by atoms with E-state index in [0.717, 1.165) is 0 Å². The average Bonchev–Trinajstić information content (AvgIpc) is 3.09. The number of aliphatic hydroxyl groups excluding tert-OH is 1. The lowest BCUT2D eigenvalue weighted by atomic mass is 10.0. The van der Waals surface area contributed by atoms with Crippen LogP contribution in [0.4, 0.5) is 0 Å². The van der Waals surface area contributed by atoms with E-state index in [4.69, 9.17) is 9.47 Å². The van der Waals surface area contributed by atoms with Crippen LogP contribution in [0.25, 0.3) is 0 Å². The van der Waals surface area contributed by atoms with E-state index in [2.05, 4.69) is 5.32 Å². The van der Waals surface area contributed by atoms with Crippen LogP contribution in [0.3, 0.4) is 0 Å². The van der Waals surface area contributed by atoms with Gasteiger partial charge in [-0.15, -0.1) is 0 Å². The van der Waals surface area contributed by atoms with E-state index < -0.39 is 18.1 Å². The normalized spacial score (nSPS) is 19.2. The molecular weight excluding hydrogens is 334 g/mol. The number of hydrogen-bond donors (Lipinski definition) is 2. The van der Waals surface area contributed by atoms with Crippen LogP contribution in [0.5, 0.6) is 11.5 Å². The molecule has 2 aromatic rings. The Labute approximate surface area is 151 Å². The molecule has 2 aromatic carbocycles. The fourth-order valence-corrected chi connectivity index (χ4v) is 3.01. The lowest BCUT2D eigenvalue weighted by Crippen LogP contribution is -2.38. The SMILES string of the molecule is COC(=O)c1cccc(Oc2ccc(C(=O)C3NCCC3O)cc2)c1C. The summed E-state index contributed by atoms with van der Waals surface area (Å²) in [5.41, 5.74) is 1.63. The van der Waals surface area contributed by atoms with E-state index in [0.29, 0.717) is 41.2 Å². The van der Waals surface area contributed by atoms with E-state index in [1.807, 2.05) is 0 Å². The van der Waals surface area contributed by atoms with Crippen molar-refractivity contribution in [1.29, 1.82) is 0 Å². The van der Waals surface area contributed by atoms with Crippen LogP contribution in [-0.2, 0) is 4.74 Å². The Morgan fingerprint density at radius 1 is 1.15 bits per heavy atom. The van der Waals surface area contributed by atoms with Crippen molar-refractivity contribution in [2.45, 2.75) is 25.5 Å². The quantitative estimate of drug-likeness (QED) is 0.633. The lowest BCUT2D eigenvalue weighted by molar-refractivity contribution is 0.0599. The number of methoxy groups -OCH3 is 1. The molecular formula is C20H21NO5. The number of Topliss-reactive ketones (excluding diaryl/α,β-unsaturated/α-hetero) is 1.